The van der Waals surface area contributed by atoms with E-state index in [-0.39, 0.29) is 16.9 Å². The normalized spacial score (nSPS) is 9.85. The van der Waals surface area contributed by atoms with Crippen molar-refractivity contribution in [3.63, 3.8) is 0 Å². The maximum atomic E-state index is 13.7. The van der Waals surface area contributed by atoms with E-state index in [0.717, 1.165) is 6.07 Å². The minimum atomic E-state index is -0.584. The molecule has 0 bridgehead atoms. The number of hydrogen-bond acceptors (Lipinski definition) is 4. The number of nitro groups is 1. The van der Waals surface area contributed by atoms with Gasteiger partial charge in [0.1, 0.15) is 11.9 Å². The topological polar surface area (TPSA) is 79.0 Å². The van der Waals surface area contributed by atoms with Crippen LogP contribution in [0.1, 0.15) is 11.1 Å². The summed E-state index contributed by atoms with van der Waals surface area (Å²) in [7, 11) is 0. The van der Waals surface area contributed by atoms with E-state index in [2.05, 4.69) is 5.32 Å². The van der Waals surface area contributed by atoms with Crippen molar-refractivity contribution in [1.82, 2.24) is 0 Å². The third-order valence-electron chi connectivity index (χ3n) is 2.82. The van der Waals surface area contributed by atoms with Gasteiger partial charge in [0.25, 0.3) is 5.69 Å². The molecule has 0 unspecified atom stereocenters. The number of non-ortho nitro benzene ring substituents is 1. The van der Waals surface area contributed by atoms with Gasteiger partial charge in [-0.2, -0.15) is 5.26 Å². The zero-order valence-electron chi connectivity index (χ0n) is 10.6. The lowest BCUT2D eigenvalue weighted by atomic mass is 10.1. The molecule has 0 aliphatic rings. The van der Waals surface area contributed by atoms with E-state index < -0.39 is 10.7 Å². The summed E-state index contributed by atoms with van der Waals surface area (Å²) >= 11 is 0. The van der Waals surface area contributed by atoms with E-state index in [1.165, 1.54) is 18.2 Å². The molecule has 0 radical (unpaired) electrons. The van der Waals surface area contributed by atoms with E-state index in [1.807, 2.05) is 6.07 Å². The summed E-state index contributed by atoms with van der Waals surface area (Å²) in [5.41, 5.74) is 1.15. The van der Waals surface area contributed by atoms with Gasteiger partial charge in [0.05, 0.1) is 21.9 Å². The van der Waals surface area contributed by atoms with Crippen LogP contribution in [0.2, 0.25) is 0 Å². The SMILES string of the molecule is Cc1cccc(F)c1Nc1ccc([N+](=O)[O-])cc1C#N. The fourth-order valence-corrected chi connectivity index (χ4v) is 1.77. The Morgan fingerprint density at radius 2 is 2.10 bits per heavy atom. The monoisotopic (exact) mass is 271 g/mol. The summed E-state index contributed by atoms with van der Waals surface area (Å²) in [6.07, 6.45) is 0. The predicted octanol–water partition coefficient (Wildman–Crippen LogP) is 3.66. The van der Waals surface area contributed by atoms with Crippen molar-refractivity contribution >= 4 is 17.1 Å². The van der Waals surface area contributed by atoms with Crippen LogP contribution in [0.25, 0.3) is 0 Å². The first-order valence-electron chi connectivity index (χ1n) is 5.73. The van der Waals surface area contributed by atoms with Crippen LogP contribution in [0.5, 0.6) is 0 Å². The van der Waals surface area contributed by atoms with Crippen molar-refractivity contribution in [3.8, 4) is 6.07 Å². The van der Waals surface area contributed by atoms with Crippen molar-refractivity contribution in [2.24, 2.45) is 0 Å². The van der Waals surface area contributed by atoms with Crippen molar-refractivity contribution in [2.75, 3.05) is 5.32 Å². The van der Waals surface area contributed by atoms with Crippen LogP contribution in [0.15, 0.2) is 36.4 Å². The van der Waals surface area contributed by atoms with Gasteiger partial charge in [-0.25, -0.2) is 4.39 Å². The molecule has 0 aromatic heterocycles. The van der Waals surface area contributed by atoms with Crippen LogP contribution in [0, 0.1) is 34.2 Å². The van der Waals surface area contributed by atoms with Crippen LogP contribution >= 0.6 is 0 Å². The van der Waals surface area contributed by atoms with Crippen LogP contribution in [0.4, 0.5) is 21.5 Å². The Labute approximate surface area is 114 Å². The van der Waals surface area contributed by atoms with Crippen molar-refractivity contribution in [2.45, 2.75) is 6.92 Å². The number of hydrogen-bond donors (Lipinski definition) is 1. The minimum absolute atomic E-state index is 0.0850. The maximum absolute atomic E-state index is 13.7. The third kappa shape index (κ3) is 2.57. The molecule has 2 aromatic rings. The molecule has 2 rings (SSSR count). The number of nitrogens with one attached hydrogen (secondary N) is 1. The van der Waals surface area contributed by atoms with Gasteiger partial charge >= 0.3 is 0 Å². The van der Waals surface area contributed by atoms with Crippen molar-refractivity contribution in [3.05, 3.63) is 63.5 Å². The molecule has 20 heavy (non-hydrogen) atoms. The third-order valence-corrected chi connectivity index (χ3v) is 2.82. The first-order valence-corrected chi connectivity index (χ1v) is 5.73. The number of halogens is 1. The summed E-state index contributed by atoms with van der Waals surface area (Å²) < 4.78 is 13.7. The first kappa shape index (κ1) is 13.5. The number of rotatable bonds is 3. The number of nitro benzene ring substituents is 1. The molecule has 100 valence electrons. The Kier molecular flexibility index (Phi) is 3.62. The molecule has 5 nitrogen and oxygen atoms in total. The maximum Gasteiger partial charge on any atom is 0.270 e. The standard InChI is InChI=1S/C14H10FN3O2/c1-9-3-2-4-12(15)14(9)17-13-6-5-11(18(19)20)7-10(13)8-16/h2-7,17H,1H3. The van der Waals surface area contributed by atoms with E-state index in [0.29, 0.717) is 11.3 Å². The van der Waals surface area contributed by atoms with Gasteiger partial charge in [-0.3, -0.25) is 10.1 Å². The van der Waals surface area contributed by atoms with Crippen LogP contribution in [-0.4, -0.2) is 4.92 Å². The van der Waals surface area contributed by atoms with Gasteiger partial charge in [0.15, 0.2) is 0 Å². The molecule has 0 saturated carbocycles. The molecule has 0 aliphatic heterocycles. The van der Waals surface area contributed by atoms with Gasteiger partial charge in [0, 0.05) is 12.1 Å². The van der Waals surface area contributed by atoms with Crippen molar-refractivity contribution in [1.29, 1.82) is 5.26 Å². The number of nitrogens with zero attached hydrogens (tertiary/aromatic N) is 2. The van der Waals surface area contributed by atoms with E-state index >= 15 is 0 Å². The highest BCUT2D eigenvalue weighted by Crippen LogP contribution is 2.28. The average Bonchev–Trinajstić information content (AvgIpc) is 2.43. The Bertz CT molecular complexity index is 703. The van der Waals surface area contributed by atoms with Crippen LogP contribution in [0.3, 0.4) is 0 Å². The molecule has 0 saturated heterocycles. The Balaban J connectivity index is 2.44. The van der Waals surface area contributed by atoms with E-state index in [4.69, 9.17) is 5.26 Å². The number of aryl methyl sites for hydroxylation is 1. The minimum Gasteiger partial charge on any atom is -0.352 e. The molecule has 0 atom stereocenters. The summed E-state index contributed by atoms with van der Waals surface area (Å²) in [6, 6.07) is 10.3. The molecule has 0 aliphatic carbocycles. The number of anilines is 2. The molecule has 0 heterocycles. The van der Waals surface area contributed by atoms with E-state index in [1.54, 1.807) is 19.1 Å². The van der Waals surface area contributed by atoms with Gasteiger partial charge < -0.3 is 5.32 Å². The smallest absolute Gasteiger partial charge is 0.270 e. The first-order chi connectivity index (χ1) is 9.52. The van der Waals surface area contributed by atoms with Crippen LogP contribution in [-0.2, 0) is 0 Å². The van der Waals surface area contributed by atoms with Gasteiger partial charge in [-0.15, -0.1) is 0 Å². The molecule has 0 fully saturated rings. The fraction of sp³-hybridized carbons (Fsp3) is 0.0714. The molecule has 0 amide bonds. The lowest BCUT2D eigenvalue weighted by molar-refractivity contribution is -0.384. The zero-order valence-corrected chi connectivity index (χ0v) is 10.6. The highest BCUT2D eigenvalue weighted by molar-refractivity contribution is 5.70. The van der Waals surface area contributed by atoms with Gasteiger partial charge in [0.2, 0.25) is 0 Å². The number of benzene rings is 2. The van der Waals surface area contributed by atoms with Gasteiger partial charge in [-0.05, 0) is 24.6 Å². The molecule has 6 heteroatoms. The van der Waals surface area contributed by atoms with Crippen LogP contribution < -0.4 is 5.32 Å². The highest BCUT2D eigenvalue weighted by Gasteiger charge is 2.13. The largest absolute Gasteiger partial charge is 0.352 e. The number of nitriles is 1. The average molecular weight is 271 g/mol. The highest BCUT2D eigenvalue weighted by atomic mass is 19.1. The molecular formula is C14H10FN3O2. The molecular weight excluding hydrogens is 261 g/mol. The Hall–Kier alpha value is -2.94. The Morgan fingerprint density at radius 1 is 1.35 bits per heavy atom. The van der Waals surface area contributed by atoms with E-state index in [9.17, 15) is 14.5 Å². The summed E-state index contributed by atoms with van der Waals surface area (Å²) in [6.45, 7) is 1.73. The molecule has 1 N–H and O–H groups in total. The second-order valence-electron chi connectivity index (χ2n) is 4.16. The van der Waals surface area contributed by atoms with Crippen molar-refractivity contribution < 1.29 is 9.31 Å². The predicted molar refractivity (Wildman–Crippen MR) is 72.2 cm³/mol. The second kappa shape index (κ2) is 5.36. The summed E-state index contributed by atoms with van der Waals surface area (Å²) in [5, 5.41) is 22.5. The fourth-order valence-electron chi connectivity index (χ4n) is 1.77. The quantitative estimate of drug-likeness (QED) is 0.682. The van der Waals surface area contributed by atoms with Gasteiger partial charge in [-0.1, -0.05) is 12.1 Å². The Morgan fingerprint density at radius 3 is 2.70 bits per heavy atom. The zero-order chi connectivity index (χ0) is 14.7. The second-order valence-corrected chi connectivity index (χ2v) is 4.16. The number of para-hydroxylation sites is 1. The lowest BCUT2D eigenvalue weighted by Crippen LogP contribution is -1.99. The molecule has 0 spiro atoms. The molecule has 2 aromatic carbocycles. The summed E-state index contributed by atoms with van der Waals surface area (Å²) in [4.78, 5) is 10.1. The lowest BCUT2D eigenvalue weighted by Gasteiger charge is -2.11. The summed E-state index contributed by atoms with van der Waals surface area (Å²) in [5.74, 6) is -0.452.